The van der Waals surface area contributed by atoms with Crippen LogP contribution in [0.25, 0.3) is 0 Å². The highest BCUT2D eigenvalue weighted by atomic mass is 19.1. The van der Waals surface area contributed by atoms with Crippen LogP contribution in [0.2, 0.25) is 0 Å². The first-order valence-electron chi connectivity index (χ1n) is 7.04. The number of nitrogens with two attached hydrogens (primary N) is 1. The molecule has 0 amide bonds. The molecule has 1 saturated carbocycles. The van der Waals surface area contributed by atoms with Crippen LogP contribution in [0.15, 0.2) is 18.2 Å². The second-order valence-corrected chi connectivity index (χ2v) is 5.57. The Morgan fingerprint density at radius 2 is 2.06 bits per heavy atom. The van der Waals surface area contributed by atoms with E-state index in [1.165, 1.54) is 32.1 Å². The zero-order valence-corrected chi connectivity index (χ0v) is 10.7. The Morgan fingerprint density at radius 3 is 2.83 bits per heavy atom. The molecule has 0 bridgehead atoms. The highest BCUT2D eigenvalue weighted by molar-refractivity contribution is 5.50. The molecule has 1 aromatic carbocycles. The van der Waals surface area contributed by atoms with Crippen molar-refractivity contribution in [3.63, 3.8) is 0 Å². The molecule has 0 radical (unpaired) electrons. The van der Waals surface area contributed by atoms with Crippen LogP contribution in [0.3, 0.4) is 0 Å². The van der Waals surface area contributed by atoms with Gasteiger partial charge in [-0.25, -0.2) is 4.39 Å². The van der Waals surface area contributed by atoms with Gasteiger partial charge in [0.15, 0.2) is 0 Å². The highest BCUT2D eigenvalue weighted by Gasteiger charge is 2.35. The standard InChI is InChI=1S/C15H21FN2/c16-14-9-13(7-6-12(14)10-17)18-8-2-4-11-3-1-5-15(11)18/h6-7,9,11,15H,1-5,8,10,17H2. The van der Waals surface area contributed by atoms with Crippen molar-refractivity contribution in [1.82, 2.24) is 0 Å². The molecule has 2 fully saturated rings. The van der Waals surface area contributed by atoms with E-state index < -0.39 is 0 Å². The molecule has 3 heteroatoms. The van der Waals surface area contributed by atoms with Gasteiger partial charge in [-0.15, -0.1) is 0 Å². The molecular weight excluding hydrogens is 227 g/mol. The summed E-state index contributed by atoms with van der Waals surface area (Å²) in [7, 11) is 0. The van der Waals surface area contributed by atoms with Crippen molar-refractivity contribution in [2.45, 2.75) is 44.7 Å². The molecule has 2 aliphatic rings. The fraction of sp³-hybridized carbons (Fsp3) is 0.600. The van der Waals surface area contributed by atoms with Gasteiger partial charge in [0, 0.05) is 30.4 Å². The minimum absolute atomic E-state index is 0.157. The van der Waals surface area contributed by atoms with Crippen LogP contribution in [0, 0.1) is 11.7 Å². The van der Waals surface area contributed by atoms with E-state index in [0.29, 0.717) is 11.6 Å². The molecule has 3 rings (SSSR count). The number of nitrogens with zero attached hydrogens (tertiary/aromatic N) is 1. The van der Waals surface area contributed by atoms with Crippen molar-refractivity contribution in [2.24, 2.45) is 11.7 Å². The zero-order valence-electron chi connectivity index (χ0n) is 10.7. The Hall–Kier alpha value is -1.09. The molecule has 2 nitrogen and oxygen atoms in total. The van der Waals surface area contributed by atoms with Crippen molar-refractivity contribution in [3.05, 3.63) is 29.6 Å². The largest absolute Gasteiger partial charge is 0.368 e. The summed E-state index contributed by atoms with van der Waals surface area (Å²) >= 11 is 0. The maximum Gasteiger partial charge on any atom is 0.129 e. The average Bonchev–Trinajstić information content (AvgIpc) is 2.86. The van der Waals surface area contributed by atoms with E-state index >= 15 is 0 Å². The second kappa shape index (κ2) is 4.88. The Kier molecular flexibility index (Phi) is 3.25. The van der Waals surface area contributed by atoms with Gasteiger partial charge in [0.25, 0.3) is 0 Å². The summed E-state index contributed by atoms with van der Waals surface area (Å²) in [5.41, 5.74) is 7.16. The number of fused-ring (bicyclic) bond motifs is 1. The number of benzene rings is 1. The number of halogens is 1. The van der Waals surface area contributed by atoms with E-state index in [4.69, 9.17) is 5.73 Å². The first-order valence-corrected chi connectivity index (χ1v) is 7.04. The van der Waals surface area contributed by atoms with Crippen LogP contribution in [0.1, 0.15) is 37.7 Å². The maximum atomic E-state index is 13.8. The van der Waals surface area contributed by atoms with Crippen molar-refractivity contribution < 1.29 is 4.39 Å². The Morgan fingerprint density at radius 1 is 1.22 bits per heavy atom. The summed E-state index contributed by atoms with van der Waals surface area (Å²) in [6, 6.07) is 6.18. The van der Waals surface area contributed by atoms with E-state index in [1.807, 2.05) is 12.1 Å². The molecule has 98 valence electrons. The third-order valence-corrected chi connectivity index (χ3v) is 4.58. The smallest absolute Gasteiger partial charge is 0.129 e. The quantitative estimate of drug-likeness (QED) is 0.871. The fourth-order valence-electron chi connectivity index (χ4n) is 3.65. The van der Waals surface area contributed by atoms with Crippen LogP contribution in [-0.2, 0) is 6.54 Å². The Bertz CT molecular complexity index is 433. The lowest BCUT2D eigenvalue weighted by Gasteiger charge is -2.39. The normalized spacial score (nSPS) is 27.3. The Balaban J connectivity index is 1.87. The molecule has 1 aliphatic carbocycles. The van der Waals surface area contributed by atoms with Crippen LogP contribution in [-0.4, -0.2) is 12.6 Å². The van der Waals surface area contributed by atoms with Crippen LogP contribution in [0.5, 0.6) is 0 Å². The lowest BCUT2D eigenvalue weighted by atomic mass is 9.91. The number of rotatable bonds is 2. The molecule has 1 aliphatic heterocycles. The summed E-state index contributed by atoms with van der Waals surface area (Å²) in [5, 5.41) is 0. The van der Waals surface area contributed by atoms with Crippen molar-refractivity contribution in [3.8, 4) is 0 Å². The summed E-state index contributed by atoms with van der Waals surface area (Å²) in [4.78, 5) is 2.42. The van der Waals surface area contributed by atoms with Crippen molar-refractivity contribution >= 4 is 5.69 Å². The van der Waals surface area contributed by atoms with E-state index in [2.05, 4.69) is 4.90 Å². The van der Waals surface area contributed by atoms with Gasteiger partial charge in [-0.3, -0.25) is 0 Å². The average molecular weight is 248 g/mol. The lowest BCUT2D eigenvalue weighted by Crippen LogP contribution is -2.42. The summed E-state index contributed by atoms with van der Waals surface area (Å²) in [6.07, 6.45) is 6.54. The molecular formula is C15H21FN2. The topological polar surface area (TPSA) is 29.3 Å². The minimum Gasteiger partial charge on any atom is -0.368 e. The summed E-state index contributed by atoms with van der Waals surface area (Å²) in [6.45, 7) is 1.35. The zero-order chi connectivity index (χ0) is 12.5. The van der Waals surface area contributed by atoms with Crippen molar-refractivity contribution in [2.75, 3.05) is 11.4 Å². The van der Waals surface area contributed by atoms with Crippen LogP contribution >= 0.6 is 0 Å². The SMILES string of the molecule is NCc1ccc(N2CCCC3CCCC32)cc1F. The summed E-state index contributed by atoms with van der Waals surface area (Å²) < 4.78 is 13.8. The van der Waals surface area contributed by atoms with E-state index in [9.17, 15) is 4.39 Å². The van der Waals surface area contributed by atoms with Crippen molar-refractivity contribution in [1.29, 1.82) is 0 Å². The molecule has 2 N–H and O–H groups in total. The van der Waals surface area contributed by atoms with E-state index in [0.717, 1.165) is 18.2 Å². The van der Waals surface area contributed by atoms with Gasteiger partial charge in [-0.05, 0) is 43.7 Å². The summed E-state index contributed by atoms with van der Waals surface area (Å²) in [5.74, 6) is 0.672. The Labute approximate surface area is 108 Å². The minimum atomic E-state index is -0.157. The molecule has 1 saturated heterocycles. The maximum absolute atomic E-state index is 13.8. The predicted molar refractivity (Wildman–Crippen MR) is 72.0 cm³/mol. The fourth-order valence-corrected chi connectivity index (χ4v) is 3.65. The van der Waals surface area contributed by atoms with Gasteiger partial charge in [0.1, 0.15) is 5.82 Å². The third-order valence-electron chi connectivity index (χ3n) is 4.58. The highest BCUT2D eigenvalue weighted by Crippen LogP contribution is 2.39. The van der Waals surface area contributed by atoms with Gasteiger partial charge in [-0.2, -0.15) is 0 Å². The number of anilines is 1. The molecule has 2 unspecified atom stereocenters. The monoisotopic (exact) mass is 248 g/mol. The van der Waals surface area contributed by atoms with Gasteiger partial charge >= 0.3 is 0 Å². The molecule has 0 spiro atoms. The van der Waals surface area contributed by atoms with E-state index in [1.54, 1.807) is 6.07 Å². The number of piperidine rings is 1. The van der Waals surface area contributed by atoms with Crippen LogP contribution in [0.4, 0.5) is 10.1 Å². The lowest BCUT2D eigenvalue weighted by molar-refractivity contribution is 0.362. The number of hydrogen-bond acceptors (Lipinski definition) is 2. The van der Waals surface area contributed by atoms with E-state index in [-0.39, 0.29) is 12.4 Å². The molecule has 18 heavy (non-hydrogen) atoms. The van der Waals surface area contributed by atoms with Gasteiger partial charge < -0.3 is 10.6 Å². The number of hydrogen-bond donors (Lipinski definition) is 1. The third kappa shape index (κ3) is 2.01. The van der Waals surface area contributed by atoms with Gasteiger partial charge in [-0.1, -0.05) is 12.5 Å². The predicted octanol–water partition coefficient (Wildman–Crippen LogP) is 3.05. The second-order valence-electron chi connectivity index (χ2n) is 5.57. The first kappa shape index (κ1) is 12.0. The first-order chi connectivity index (χ1) is 8.79. The molecule has 0 aromatic heterocycles. The van der Waals surface area contributed by atoms with Gasteiger partial charge in [0.05, 0.1) is 0 Å². The van der Waals surface area contributed by atoms with Gasteiger partial charge in [0.2, 0.25) is 0 Å². The molecule has 2 atom stereocenters. The van der Waals surface area contributed by atoms with Crippen LogP contribution < -0.4 is 10.6 Å². The molecule has 1 aromatic rings. The molecule has 1 heterocycles.